The first-order chi connectivity index (χ1) is 9.70. The summed E-state index contributed by atoms with van der Waals surface area (Å²) in [6, 6.07) is 4.55. The first kappa shape index (κ1) is 17.5. The first-order valence-corrected chi connectivity index (χ1v) is 8.65. The highest BCUT2D eigenvalue weighted by atomic mass is 32.2. The predicted octanol–water partition coefficient (Wildman–Crippen LogP) is 2.04. The van der Waals surface area contributed by atoms with E-state index in [0.29, 0.717) is 11.3 Å². The van der Waals surface area contributed by atoms with E-state index in [4.69, 9.17) is 5.73 Å². The Morgan fingerprint density at radius 3 is 2.48 bits per heavy atom. The monoisotopic (exact) mass is 312 g/mol. The molecular formula is C15H24N2O3S. The zero-order valence-corrected chi connectivity index (χ0v) is 13.8. The van der Waals surface area contributed by atoms with Gasteiger partial charge in [0.15, 0.2) is 9.84 Å². The predicted molar refractivity (Wildman–Crippen MR) is 84.8 cm³/mol. The van der Waals surface area contributed by atoms with Gasteiger partial charge in [-0.15, -0.1) is 0 Å². The van der Waals surface area contributed by atoms with E-state index in [1.54, 1.807) is 13.0 Å². The summed E-state index contributed by atoms with van der Waals surface area (Å²) >= 11 is 0. The molecule has 3 N–H and O–H groups in total. The van der Waals surface area contributed by atoms with Crippen molar-refractivity contribution in [1.29, 1.82) is 0 Å². The third-order valence-electron chi connectivity index (χ3n) is 3.45. The number of anilines is 1. The van der Waals surface area contributed by atoms with Crippen LogP contribution in [0.4, 0.5) is 5.69 Å². The van der Waals surface area contributed by atoms with E-state index in [0.717, 1.165) is 12.8 Å². The molecule has 0 aromatic heterocycles. The molecule has 0 aliphatic rings. The molecule has 0 bridgehead atoms. The molecule has 0 saturated heterocycles. The van der Waals surface area contributed by atoms with E-state index >= 15 is 0 Å². The highest BCUT2D eigenvalue weighted by Gasteiger charge is 2.31. The van der Waals surface area contributed by atoms with Crippen molar-refractivity contribution in [3.05, 3.63) is 23.8 Å². The summed E-state index contributed by atoms with van der Waals surface area (Å²) in [5.41, 5.74) is 6.68. The van der Waals surface area contributed by atoms with Crippen molar-refractivity contribution in [2.75, 3.05) is 5.73 Å². The van der Waals surface area contributed by atoms with Crippen molar-refractivity contribution in [3.8, 4) is 0 Å². The van der Waals surface area contributed by atoms with Gasteiger partial charge in [0.2, 0.25) is 5.91 Å². The summed E-state index contributed by atoms with van der Waals surface area (Å²) in [6.07, 6.45) is 1.75. The van der Waals surface area contributed by atoms with Crippen LogP contribution in [-0.4, -0.2) is 25.6 Å². The maximum absolute atomic E-state index is 12.5. The van der Waals surface area contributed by atoms with Crippen molar-refractivity contribution in [1.82, 2.24) is 5.32 Å². The Morgan fingerprint density at radius 1 is 1.33 bits per heavy atom. The van der Waals surface area contributed by atoms with Gasteiger partial charge in [-0.3, -0.25) is 4.79 Å². The molecule has 1 rings (SSSR count). The number of carbonyl (C=O) groups is 1. The number of nitrogens with one attached hydrogen (secondary N) is 1. The van der Waals surface area contributed by atoms with Crippen LogP contribution in [0.3, 0.4) is 0 Å². The fourth-order valence-electron chi connectivity index (χ4n) is 2.19. The van der Waals surface area contributed by atoms with Gasteiger partial charge in [0.1, 0.15) is 5.25 Å². The quantitative estimate of drug-likeness (QED) is 0.787. The van der Waals surface area contributed by atoms with Crippen LogP contribution in [0.1, 0.15) is 39.2 Å². The topological polar surface area (TPSA) is 89.3 Å². The highest BCUT2D eigenvalue weighted by Crippen LogP contribution is 2.22. The van der Waals surface area contributed by atoms with Crippen molar-refractivity contribution in [2.24, 2.45) is 0 Å². The lowest BCUT2D eigenvalue weighted by molar-refractivity contribution is -0.121. The van der Waals surface area contributed by atoms with Crippen LogP contribution in [0.25, 0.3) is 0 Å². The highest BCUT2D eigenvalue weighted by molar-refractivity contribution is 7.92. The van der Waals surface area contributed by atoms with E-state index < -0.39 is 21.0 Å². The zero-order chi connectivity index (χ0) is 16.2. The number of nitrogen functional groups attached to an aromatic ring is 1. The normalized spacial score (nSPS) is 14.5. The summed E-state index contributed by atoms with van der Waals surface area (Å²) in [5, 5.41) is 1.62. The van der Waals surface area contributed by atoms with Crippen LogP contribution in [0.15, 0.2) is 23.1 Å². The number of rotatable bonds is 6. The molecule has 0 saturated carbocycles. The standard InChI is InChI=1S/C15H24N2O3S/c1-5-6-11(3)17-15(18)12(4)21(19,20)14-8-7-13(16)9-10(14)2/h7-9,11-12H,5-6,16H2,1-4H3,(H,17,18). The van der Waals surface area contributed by atoms with E-state index in [1.165, 1.54) is 19.1 Å². The lowest BCUT2D eigenvalue weighted by Gasteiger charge is -2.18. The summed E-state index contributed by atoms with van der Waals surface area (Å²) < 4.78 is 25.1. The number of amides is 1. The zero-order valence-electron chi connectivity index (χ0n) is 13.0. The van der Waals surface area contributed by atoms with Gasteiger partial charge < -0.3 is 11.1 Å². The number of benzene rings is 1. The summed E-state index contributed by atoms with van der Waals surface area (Å²) in [7, 11) is -3.71. The number of aryl methyl sites for hydroxylation is 1. The van der Waals surface area contributed by atoms with Crippen molar-refractivity contribution in [3.63, 3.8) is 0 Å². The lowest BCUT2D eigenvalue weighted by atomic mass is 10.2. The van der Waals surface area contributed by atoms with Crippen LogP contribution in [-0.2, 0) is 14.6 Å². The molecule has 1 aromatic rings. The number of hydrogen-bond donors (Lipinski definition) is 2. The summed E-state index contributed by atoms with van der Waals surface area (Å²) in [5.74, 6) is -0.466. The first-order valence-electron chi connectivity index (χ1n) is 7.10. The second kappa shape index (κ2) is 6.93. The molecule has 2 atom stereocenters. The minimum absolute atomic E-state index is 0.0346. The Morgan fingerprint density at radius 2 is 1.95 bits per heavy atom. The number of nitrogens with two attached hydrogens (primary N) is 1. The van der Waals surface area contributed by atoms with Crippen LogP contribution in [0.2, 0.25) is 0 Å². The Labute approximate surface area is 126 Å². The molecule has 0 aliphatic carbocycles. The van der Waals surface area contributed by atoms with Gasteiger partial charge in [-0.2, -0.15) is 0 Å². The van der Waals surface area contributed by atoms with Gasteiger partial charge in [-0.25, -0.2) is 8.42 Å². The van der Waals surface area contributed by atoms with Crippen LogP contribution in [0, 0.1) is 6.92 Å². The molecule has 21 heavy (non-hydrogen) atoms. The number of hydrogen-bond acceptors (Lipinski definition) is 4. The second-order valence-electron chi connectivity index (χ2n) is 5.41. The van der Waals surface area contributed by atoms with Gasteiger partial charge in [0.25, 0.3) is 0 Å². The minimum Gasteiger partial charge on any atom is -0.399 e. The molecule has 1 aromatic carbocycles. The summed E-state index contributed by atoms with van der Waals surface area (Å²) in [6.45, 7) is 6.97. The molecule has 0 heterocycles. The number of sulfone groups is 1. The maximum atomic E-state index is 12.5. The second-order valence-corrected chi connectivity index (χ2v) is 7.65. The largest absolute Gasteiger partial charge is 0.399 e. The lowest BCUT2D eigenvalue weighted by Crippen LogP contribution is -2.42. The molecule has 0 spiro atoms. The molecular weight excluding hydrogens is 288 g/mol. The molecule has 0 radical (unpaired) electrons. The smallest absolute Gasteiger partial charge is 0.238 e. The Balaban J connectivity index is 2.99. The third-order valence-corrected chi connectivity index (χ3v) is 5.67. The molecule has 118 valence electrons. The average Bonchev–Trinajstić information content (AvgIpc) is 2.37. The fraction of sp³-hybridized carbons (Fsp3) is 0.533. The van der Waals surface area contributed by atoms with E-state index in [2.05, 4.69) is 5.32 Å². The Kier molecular flexibility index (Phi) is 5.78. The Bertz CT molecular complexity index is 611. The molecule has 6 heteroatoms. The molecule has 2 unspecified atom stereocenters. The van der Waals surface area contributed by atoms with Crippen molar-refractivity contribution < 1.29 is 13.2 Å². The number of carbonyl (C=O) groups excluding carboxylic acids is 1. The minimum atomic E-state index is -3.71. The van der Waals surface area contributed by atoms with Gasteiger partial charge in [-0.1, -0.05) is 13.3 Å². The van der Waals surface area contributed by atoms with Crippen LogP contribution in [0.5, 0.6) is 0 Å². The summed E-state index contributed by atoms with van der Waals surface area (Å²) in [4.78, 5) is 12.3. The Hall–Kier alpha value is -1.56. The van der Waals surface area contributed by atoms with Gasteiger partial charge in [0, 0.05) is 11.7 Å². The third kappa shape index (κ3) is 4.20. The van der Waals surface area contributed by atoms with E-state index in [1.807, 2.05) is 13.8 Å². The van der Waals surface area contributed by atoms with Crippen molar-refractivity contribution >= 4 is 21.4 Å². The van der Waals surface area contributed by atoms with Gasteiger partial charge in [0.05, 0.1) is 4.90 Å². The van der Waals surface area contributed by atoms with E-state index in [9.17, 15) is 13.2 Å². The van der Waals surface area contributed by atoms with Gasteiger partial charge >= 0.3 is 0 Å². The molecule has 0 fully saturated rings. The van der Waals surface area contributed by atoms with Crippen molar-refractivity contribution in [2.45, 2.75) is 56.7 Å². The SMILES string of the molecule is CCCC(C)NC(=O)C(C)S(=O)(=O)c1ccc(N)cc1C. The molecule has 1 amide bonds. The van der Waals surface area contributed by atoms with E-state index in [-0.39, 0.29) is 10.9 Å². The fourth-order valence-corrected chi connectivity index (χ4v) is 3.68. The maximum Gasteiger partial charge on any atom is 0.238 e. The van der Waals surface area contributed by atoms with Gasteiger partial charge in [-0.05, 0) is 51.0 Å². The average molecular weight is 312 g/mol. The van der Waals surface area contributed by atoms with Crippen LogP contribution < -0.4 is 11.1 Å². The van der Waals surface area contributed by atoms with Crippen LogP contribution >= 0.6 is 0 Å². The molecule has 5 nitrogen and oxygen atoms in total. The molecule has 0 aliphatic heterocycles.